The number of esters is 1. The molecule has 1 aromatic carbocycles. The summed E-state index contributed by atoms with van der Waals surface area (Å²) in [7, 11) is 1.46. The second kappa shape index (κ2) is 10.1. The van der Waals surface area contributed by atoms with Gasteiger partial charge in [0.15, 0.2) is 5.96 Å². The molecule has 0 aliphatic carbocycles. The minimum Gasteiger partial charge on any atom is -0.493 e. The van der Waals surface area contributed by atoms with Gasteiger partial charge in [0.25, 0.3) is 0 Å². The molecule has 150 valence electrons. The van der Waals surface area contributed by atoms with Gasteiger partial charge < -0.3 is 19.7 Å². The highest BCUT2D eigenvalue weighted by Crippen LogP contribution is 2.26. The smallest absolute Gasteiger partial charge is 0.310 e. The van der Waals surface area contributed by atoms with Crippen molar-refractivity contribution in [3.05, 3.63) is 29.3 Å². The molecule has 7 heteroatoms. The SMILES string of the molecule is CCNC(=NCCc1ccc2c(c1)CCO2)N1CC(C)C(C(=O)OC)C1.I. The number of methoxy groups -OCH3 is 1. The minimum absolute atomic E-state index is 0. The normalized spacial score (nSPS) is 21.3. The fourth-order valence-electron chi connectivity index (χ4n) is 3.71. The first-order valence-corrected chi connectivity index (χ1v) is 9.48. The van der Waals surface area contributed by atoms with Crippen LogP contribution in [-0.2, 0) is 22.4 Å². The van der Waals surface area contributed by atoms with Gasteiger partial charge in [0, 0.05) is 32.6 Å². The summed E-state index contributed by atoms with van der Waals surface area (Å²) >= 11 is 0. The Kier molecular flexibility index (Phi) is 8.19. The van der Waals surface area contributed by atoms with E-state index < -0.39 is 0 Å². The molecule has 0 amide bonds. The molecule has 2 aliphatic heterocycles. The highest BCUT2D eigenvalue weighted by molar-refractivity contribution is 14.0. The zero-order chi connectivity index (χ0) is 18.5. The second-order valence-corrected chi connectivity index (χ2v) is 7.04. The van der Waals surface area contributed by atoms with Crippen LogP contribution in [0.15, 0.2) is 23.2 Å². The molecule has 0 aromatic heterocycles. The summed E-state index contributed by atoms with van der Waals surface area (Å²) in [6, 6.07) is 6.42. The summed E-state index contributed by atoms with van der Waals surface area (Å²) in [4.78, 5) is 18.9. The van der Waals surface area contributed by atoms with E-state index in [2.05, 4.69) is 42.3 Å². The molecule has 0 radical (unpaired) electrons. The molecule has 2 heterocycles. The van der Waals surface area contributed by atoms with Gasteiger partial charge in [-0.3, -0.25) is 9.79 Å². The summed E-state index contributed by atoms with van der Waals surface area (Å²) in [6.45, 7) is 7.96. The number of hydrogen-bond donors (Lipinski definition) is 1. The van der Waals surface area contributed by atoms with Crippen molar-refractivity contribution in [3.8, 4) is 5.75 Å². The fourth-order valence-corrected chi connectivity index (χ4v) is 3.71. The van der Waals surface area contributed by atoms with Crippen LogP contribution >= 0.6 is 24.0 Å². The molecular weight excluding hydrogens is 457 g/mol. The van der Waals surface area contributed by atoms with E-state index in [1.165, 1.54) is 18.2 Å². The molecule has 0 bridgehead atoms. The van der Waals surface area contributed by atoms with E-state index in [0.29, 0.717) is 6.54 Å². The summed E-state index contributed by atoms with van der Waals surface area (Å²) in [6.07, 6.45) is 1.89. The number of fused-ring (bicyclic) bond motifs is 1. The Labute approximate surface area is 178 Å². The largest absolute Gasteiger partial charge is 0.493 e. The maximum Gasteiger partial charge on any atom is 0.310 e. The molecule has 2 aliphatic rings. The summed E-state index contributed by atoms with van der Waals surface area (Å²) in [5.74, 6) is 1.96. The van der Waals surface area contributed by atoms with Gasteiger partial charge in [-0.05, 0) is 36.5 Å². The van der Waals surface area contributed by atoms with E-state index >= 15 is 0 Å². The highest BCUT2D eigenvalue weighted by Gasteiger charge is 2.36. The van der Waals surface area contributed by atoms with Gasteiger partial charge in [0.1, 0.15) is 5.75 Å². The standard InChI is InChI=1S/C20H29N3O3.HI/c1-4-21-20(23-12-14(2)17(13-23)19(24)25-3)22-9-7-15-5-6-18-16(11-15)8-10-26-18;/h5-6,11,14,17H,4,7-10,12-13H2,1-3H3,(H,21,22);1H. The van der Waals surface area contributed by atoms with Crippen LogP contribution in [0.4, 0.5) is 0 Å². The average Bonchev–Trinajstić information content (AvgIpc) is 3.26. The fraction of sp³-hybridized carbons (Fsp3) is 0.600. The number of nitrogens with one attached hydrogen (secondary N) is 1. The van der Waals surface area contributed by atoms with Gasteiger partial charge in [0.2, 0.25) is 0 Å². The molecule has 3 rings (SSSR count). The molecule has 27 heavy (non-hydrogen) atoms. The highest BCUT2D eigenvalue weighted by atomic mass is 127. The van der Waals surface area contributed by atoms with Crippen molar-refractivity contribution in [1.82, 2.24) is 10.2 Å². The van der Waals surface area contributed by atoms with Crippen LogP contribution in [0.3, 0.4) is 0 Å². The maximum absolute atomic E-state index is 11.9. The Balaban J connectivity index is 0.00000261. The molecule has 0 spiro atoms. The number of rotatable bonds is 5. The van der Waals surface area contributed by atoms with E-state index in [1.807, 2.05) is 0 Å². The predicted molar refractivity (Wildman–Crippen MR) is 117 cm³/mol. The third-order valence-corrected chi connectivity index (χ3v) is 5.17. The van der Waals surface area contributed by atoms with Gasteiger partial charge in [0.05, 0.1) is 19.6 Å². The number of carbonyl (C=O) groups is 1. The van der Waals surface area contributed by atoms with E-state index in [-0.39, 0.29) is 41.8 Å². The lowest BCUT2D eigenvalue weighted by Crippen LogP contribution is -2.40. The van der Waals surface area contributed by atoms with E-state index in [9.17, 15) is 4.79 Å². The third-order valence-electron chi connectivity index (χ3n) is 5.17. The summed E-state index contributed by atoms with van der Waals surface area (Å²) in [5.41, 5.74) is 2.59. The zero-order valence-electron chi connectivity index (χ0n) is 16.4. The lowest BCUT2D eigenvalue weighted by atomic mass is 9.99. The van der Waals surface area contributed by atoms with Crippen molar-refractivity contribution >= 4 is 35.9 Å². The van der Waals surface area contributed by atoms with E-state index in [0.717, 1.165) is 50.8 Å². The molecule has 1 saturated heterocycles. The van der Waals surface area contributed by atoms with Crippen molar-refractivity contribution in [2.75, 3.05) is 39.9 Å². The lowest BCUT2D eigenvalue weighted by molar-refractivity contribution is -0.145. The quantitative estimate of drug-likeness (QED) is 0.299. The van der Waals surface area contributed by atoms with Crippen molar-refractivity contribution in [2.45, 2.75) is 26.7 Å². The summed E-state index contributed by atoms with van der Waals surface area (Å²) in [5, 5.41) is 3.35. The van der Waals surface area contributed by atoms with Crippen molar-refractivity contribution in [2.24, 2.45) is 16.8 Å². The summed E-state index contributed by atoms with van der Waals surface area (Å²) < 4.78 is 10.5. The topological polar surface area (TPSA) is 63.2 Å². The van der Waals surface area contributed by atoms with E-state index in [1.54, 1.807) is 0 Å². The monoisotopic (exact) mass is 487 g/mol. The van der Waals surface area contributed by atoms with Crippen LogP contribution in [0.5, 0.6) is 5.75 Å². The number of hydrogen-bond acceptors (Lipinski definition) is 4. The van der Waals surface area contributed by atoms with Crippen molar-refractivity contribution < 1.29 is 14.3 Å². The Morgan fingerprint density at radius 3 is 2.96 bits per heavy atom. The molecule has 1 N–H and O–H groups in total. The number of benzene rings is 1. The van der Waals surface area contributed by atoms with Crippen LogP contribution < -0.4 is 10.1 Å². The number of halogens is 1. The van der Waals surface area contributed by atoms with Crippen molar-refractivity contribution in [3.63, 3.8) is 0 Å². The number of likely N-dealkylation sites (tertiary alicyclic amines) is 1. The molecule has 2 unspecified atom stereocenters. The number of aliphatic imine (C=N–C) groups is 1. The van der Waals surface area contributed by atoms with Crippen LogP contribution in [0.1, 0.15) is 25.0 Å². The molecule has 6 nitrogen and oxygen atoms in total. The Bertz CT molecular complexity index is 680. The van der Waals surface area contributed by atoms with Crippen LogP contribution in [0, 0.1) is 11.8 Å². The predicted octanol–water partition coefficient (Wildman–Crippen LogP) is 2.49. The molecule has 2 atom stereocenters. The molecule has 1 fully saturated rings. The van der Waals surface area contributed by atoms with Crippen LogP contribution in [-0.4, -0.2) is 56.7 Å². The van der Waals surface area contributed by atoms with Gasteiger partial charge in [-0.15, -0.1) is 24.0 Å². The number of nitrogens with zero attached hydrogens (tertiary/aromatic N) is 2. The Morgan fingerprint density at radius 1 is 1.41 bits per heavy atom. The maximum atomic E-state index is 11.9. The van der Waals surface area contributed by atoms with Crippen LogP contribution in [0.2, 0.25) is 0 Å². The zero-order valence-corrected chi connectivity index (χ0v) is 18.7. The van der Waals surface area contributed by atoms with Gasteiger partial charge in [-0.2, -0.15) is 0 Å². The molecular formula is C20H30IN3O3. The average molecular weight is 487 g/mol. The van der Waals surface area contributed by atoms with E-state index in [4.69, 9.17) is 14.5 Å². The number of guanidine groups is 1. The first-order chi connectivity index (χ1) is 12.6. The Hall–Kier alpha value is -1.51. The first kappa shape index (κ1) is 21.8. The van der Waals surface area contributed by atoms with Crippen LogP contribution in [0.25, 0.3) is 0 Å². The number of ether oxygens (including phenoxy) is 2. The minimum atomic E-state index is -0.129. The first-order valence-electron chi connectivity index (χ1n) is 9.48. The lowest BCUT2D eigenvalue weighted by Gasteiger charge is -2.21. The van der Waals surface area contributed by atoms with Gasteiger partial charge >= 0.3 is 5.97 Å². The number of carbonyl (C=O) groups excluding carboxylic acids is 1. The van der Waals surface area contributed by atoms with Gasteiger partial charge in [-0.1, -0.05) is 19.1 Å². The Morgan fingerprint density at radius 2 is 2.22 bits per heavy atom. The third kappa shape index (κ3) is 5.27. The van der Waals surface area contributed by atoms with Crippen molar-refractivity contribution in [1.29, 1.82) is 0 Å². The molecule has 1 aromatic rings. The molecule has 0 saturated carbocycles. The van der Waals surface area contributed by atoms with Gasteiger partial charge in [-0.25, -0.2) is 0 Å². The second-order valence-electron chi connectivity index (χ2n) is 7.04.